The second-order valence-electron chi connectivity index (χ2n) is 3.99. The molecule has 0 saturated carbocycles. The van der Waals surface area contributed by atoms with Gasteiger partial charge < -0.3 is 9.53 Å². The Morgan fingerprint density at radius 2 is 2.18 bits per heavy atom. The smallest absolute Gasteiger partial charge is 0.137 e. The van der Waals surface area contributed by atoms with Crippen LogP contribution in [0.15, 0.2) is 18.2 Å². The first-order chi connectivity index (χ1) is 8.04. The number of rotatable bonds is 5. The normalized spacial score (nSPS) is 10.8. The van der Waals surface area contributed by atoms with Crippen molar-refractivity contribution in [2.24, 2.45) is 0 Å². The van der Waals surface area contributed by atoms with Crippen LogP contribution in [0.5, 0.6) is 5.75 Å². The van der Waals surface area contributed by atoms with E-state index in [4.69, 9.17) is 16.3 Å². The predicted molar refractivity (Wildman–Crippen MR) is 71.7 cm³/mol. The summed E-state index contributed by atoms with van der Waals surface area (Å²) in [6.07, 6.45) is 5.33. The number of hydrogen-bond donors (Lipinski definition) is 0. The number of carbonyl (C=O) groups is 1. The first-order valence-electron chi connectivity index (χ1n) is 5.54. The van der Waals surface area contributed by atoms with E-state index in [1.165, 1.54) is 0 Å². The molecule has 0 saturated heterocycles. The second-order valence-corrected chi connectivity index (χ2v) is 4.39. The first kappa shape index (κ1) is 13.8. The Balaban J connectivity index is 2.78. The second kappa shape index (κ2) is 6.45. The van der Waals surface area contributed by atoms with Gasteiger partial charge in [-0.3, -0.25) is 0 Å². The summed E-state index contributed by atoms with van der Waals surface area (Å²) in [5, 5.41) is 0.601. The summed E-state index contributed by atoms with van der Waals surface area (Å²) >= 11 is 6.05. The number of ether oxygens (including phenoxy) is 1. The van der Waals surface area contributed by atoms with E-state index in [1.807, 2.05) is 31.2 Å². The molecular weight excluding hydrogens is 236 g/mol. The molecule has 1 rings (SSSR count). The fraction of sp³-hybridized carbons (Fsp3) is 0.357. The van der Waals surface area contributed by atoms with Crippen molar-refractivity contribution in [1.29, 1.82) is 0 Å². The highest BCUT2D eigenvalue weighted by Gasteiger charge is 2.03. The fourth-order valence-electron chi connectivity index (χ4n) is 1.50. The maximum atomic E-state index is 10.8. The molecule has 0 heterocycles. The van der Waals surface area contributed by atoms with Gasteiger partial charge in [-0.1, -0.05) is 23.8 Å². The van der Waals surface area contributed by atoms with E-state index >= 15 is 0 Å². The van der Waals surface area contributed by atoms with Crippen LogP contribution in [0.2, 0.25) is 5.02 Å². The number of allylic oxidation sites excluding steroid dienone is 1. The molecule has 0 aromatic heterocycles. The molecule has 0 amide bonds. The summed E-state index contributed by atoms with van der Waals surface area (Å²) in [6, 6.07) is 3.78. The van der Waals surface area contributed by atoms with Crippen LogP contribution in [0.4, 0.5) is 0 Å². The van der Waals surface area contributed by atoms with E-state index in [0.717, 1.165) is 17.5 Å². The highest BCUT2D eigenvalue weighted by atomic mass is 35.5. The van der Waals surface area contributed by atoms with Crippen molar-refractivity contribution >= 4 is 23.5 Å². The zero-order valence-electron chi connectivity index (χ0n) is 10.4. The standard InChI is InChI=1S/C14H17ClO2/c1-10-8-14(17-3)13(15)9-12(10)7-5-4-6-11(2)16/h5,7-9H,4,6H2,1-3H3/b7-5+. The van der Waals surface area contributed by atoms with Crippen molar-refractivity contribution in [1.82, 2.24) is 0 Å². The molecule has 0 atom stereocenters. The number of ketones is 1. The summed E-state index contributed by atoms with van der Waals surface area (Å²) in [4.78, 5) is 10.8. The Morgan fingerprint density at radius 1 is 1.47 bits per heavy atom. The zero-order valence-corrected chi connectivity index (χ0v) is 11.2. The highest BCUT2D eigenvalue weighted by Crippen LogP contribution is 2.28. The van der Waals surface area contributed by atoms with Crippen LogP contribution in [0.3, 0.4) is 0 Å². The number of hydrogen-bond acceptors (Lipinski definition) is 2. The van der Waals surface area contributed by atoms with Crippen molar-refractivity contribution in [2.75, 3.05) is 7.11 Å². The molecule has 0 aliphatic rings. The largest absolute Gasteiger partial charge is 0.495 e. The van der Waals surface area contributed by atoms with Crippen LogP contribution in [-0.2, 0) is 4.79 Å². The lowest BCUT2D eigenvalue weighted by molar-refractivity contribution is -0.116. The molecule has 0 aliphatic heterocycles. The molecule has 3 heteroatoms. The molecule has 1 aromatic rings. The van der Waals surface area contributed by atoms with Gasteiger partial charge >= 0.3 is 0 Å². The van der Waals surface area contributed by atoms with E-state index < -0.39 is 0 Å². The molecule has 2 nitrogen and oxygen atoms in total. The summed E-state index contributed by atoms with van der Waals surface area (Å²) < 4.78 is 5.14. The molecule has 92 valence electrons. The summed E-state index contributed by atoms with van der Waals surface area (Å²) in [6.45, 7) is 3.60. The number of benzene rings is 1. The molecule has 0 fully saturated rings. The van der Waals surface area contributed by atoms with Crippen LogP contribution in [-0.4, -0.2) is 12.9 Å². The van der Waals surface area contributed by atoms with Crippen LogP contribution in [0.25, 0.3) is 6.08 Å². The molecular formula is C14H17ClO2. The highest BCUT2D eigenvalue weighted by molar-refractivity contribution is 6.32. The Kier molecular flexibility index (Phi) is 5.23. The minimum Gasteiger partial charge on any atom is -0.495 e. The van der Waals surface area contributed by atoms with Crippen LogP contribution >= 0.6 is 11.6 Å². The van der Waals surface area contributed by atoms with Crippen molar-refractivity contribution < 1.29 is 9.53 Å². The molecule has 0 bridgehead atoms. The number of Topliss-reactive ketones (excluding diaryl/α,β-unsaturated/α-hetero) is 1. The topological polar surface area (TPSA) is 26.3 Å². The van der Waals surface area contributed by atoms with Gasteiger partial charge in [0.1, 0.15) is 11.5 Å². The summed E-state index contributed by atoms with van der Waals surface area (Å²) in [5.74, 6) is 0.893. The predicted octanol–water partition coefficient (Wildman–Crippen LogP) is 4.04. The lowest BCUT2D eigenvalue weighted by Gasteiger charge is -2.07. The minimum absolute atomic E-state index is 0.208. The number of aryl methyl sites for hydroxylation is 1. The Hall–Kier alpha value is -1.28. The zero-order chi connectivity index (χ0) is 12.8. The van der Waals surface area contributed by atoms with Crippen molar-refractivity contribution in [3.8, 4) is 5.75 Å². The lowest BCUT2D eigenvalue weighted by Crippen LogP contribution is -1.89. The summed E-state index contributed by atoms with van der Waals surface area (Å²) in [7, 11) is 1.60. The van der Waals surface area contributed by atoms with Gasteiger partial charge in [-0.2, -0.15) is 0 Å². The molecule has 0 radical (unpaired) electrons. The number of methoxy groups -OCH3 is 1. The van der Waals surface area contributed by atoms with Gasteiger partial charge in [0.05, 0.1) is 12.1 Å². The lowest BCUT2D eigenvalue weighted by atomic mass is 10.1. The average molecular weight is 253 g/mol. The maximum absolute atomic E-state index is 10.8. The Morgan fingerprint density at radius 3 is 2.76 bits per heavy atom. The maximum Gasteiger partial charge on any atom is 0.137 e. The number of carbonyl (C=O) groups excluding carboxylic acids is 1. The van der Waals surface area contributed by atoms with Gasteiger partial charge in [-0.05, 0) is 43.5 Å². The molecule has 0 aliphatic carbocycles. The molecule has 1 aromatic carbocycles. The first-order valence-corrected chi connectivity index (χ1v) is 5.92. The van der Waals surface area contributed by atoms with Gasteiger partial charge in [-0.15, -0.1) is 0 Å². The molecule has 17 heavy (non-hydrogen) atoms. The van der Waals surface area contributed by atoms with Crippen molar-refractivity contribution in [3.63, 3.8) is 0 Å². The van der Waals surface area contributed by atoms with E-state index in [9.17, 15) is 4.79 Å². The fourth-order valence-corrected chi connectivity index (χ4v) is 1.75. The average Bonchev–Trinajstić information content (AvgIpc) is 2.28. The Bertz CT molecular complexity index is 436. The monoisotopic (exact) mass is 252 g/mol. The van der Waals surface area contributed by atoms with Crippen molar-refractivity contribution in [2.45, 2.75) is 26.7 Å². The van der Waals surface area contributed by atoms with E-state index in [2.05, 4.69) is 0 Å². The van der Waals surface area contributed by atoms with E-state index in [0.29, 0.717) is 17.2 Å². The quantitative estimate of drug-likeness (QED) is 0.791. The van der Waals surface area contributed by atoms with Crippen LogP contribution in [0, 0.1) is 6.92 Å². The minimum atomic E-state index is 0.208. The molecule has 0 unspecified atom stereocenters. The molecule has 0 N–H and O–H groups in total. The molecule has 0 spiro atoms. The number of halogens is 1. The van der Waals surface area contributed by atoms with Crippen molar-refractivity contribution in [3.05, 3.63) is 34.4 Å². The van der Waals surface area contributed by atoms with E-state index in [1.54, 1.807) is 14.0 Å². The van der Waals surface area contributed by atoms with Crippen LogP contribution < -0.4 is 4.74 Å². The third-order valence-electron chi connectivity index (χ3n) is 2.50. The van der Waals surface area contributed by atoms with E-state index in [-0.39, 0.29) is 5.78 Å². The van der Waals surface area contributed by atoms with Gasteiger partial charge in [0.2, 0.25) is 0 Å². The van der Waals surface area contributed by atoms with Gasteiger partial charge in [0, 0.05) is 6.42 Å². The third-order valence-corrected chi connectivity index (χ3v) is 2.80. The third kappa shape index (κ3) is 4.23. The van der Waals surface area contributed by atoms with Gasteiger partial charge in [0.25, 0.3) is 0 Å². The summed E-state index contributed by atoms with van der Waals surface area (Å²) in [5.41, 5.74) is 2.16. The Labute approximate surface area is 107 Å². The van der Waals surface area contributed by atoms with Gasteiger partial charge in [0.15, 0.2) is 0 Å². The van der Waals surface area contributed by atoms with Gasteiger partial charge in [-0.25, -0.2) is 0 Å². The van der Waals surface area contributed by atoms with Crippen LogP contribution in [0.1, 0.15) is 30.9 Å². The SMILES string of the molecule is COc1cc(C)c(/C=C/CCC(C)=O)cc1Cl.